The van der Waals surface area contributed by atoms with Crippen LogP contribution in [0.3, 0.4) is 0 Å². The molecule has 17 heavy (non-hydrogen) atoms. The predicted octanol–water partition coefficient (Wildman–Crippen LogP) is 5.79. The van der Waals surface area contributed by atoms with Gasteiger partial charge in [-0.1, -0.05) is 55.4 Å². The molecular weight excluding hydrogens is 240 g/mol. The summed E-state index contributed by atoms with van der Waals surface area (Å²) in [5, 5.41) is 0.660. The van der Waals surface area contributed by atoms with Gasteiger partial charge in [0.25, 0.3) is 0 Å². The Morgan fingerprint density at radius 2 is 0.941 bits per heavy atom. The molecule has 0 saturated carbocycles. The van der Waals surface area contributed by atoms with E-state index in [0.717, 1.165) is 0 Å². The van der Waals surface area contributed by atoms with E-state index in [2.05, 4.69) is 68.5 Å². The van der Waals surface area contributed by atoms with Crippen molar-refractivity contribution in [2.24, 2.45) is 0 Å². The van der Waals surface area contributed by atoms with Crippen LogP contribution in [0.25, 0.3) is 0 Å². The normalized spacial score (nSPS) is 20.8. The Hall–Kier alpha value is 0.394. The molecule has 0 rings (SSSR count). The van der Waals surface area contributed by atoms with Gasteiger partial charge in [0.05, 0.1) is 0 Å². The van der Waals surface area contributed by atoms with Crippen LogP contribution in [0.15, 0.2) is 0 Å². The van der Waals surface area contributed by atoms with Gasteiger partial charge in [-0.05, 0) is 35.3 Å². The van der Waals surface area contributed by atoms with Crippen LogP contribution in [0.2, 0.25) is 35.3 Å². The minimum atomic E-state index is -1.63. The highest BCUT2D eigenvalue weighted by molar-refractivity contribution is 6.88. The van der Waals surface area contributed by atoms with Gasteiger partial charge in [-0.3, -0.25) is 0 Å². The zero-order valence-corrected chi connectivity index (χ0v) is 15.8. The van der Waals surface area contributed by atoms with Crippen LogP contribution in [0, 0.1) is 0 Å². The van der Waals surface area contributed by atoms with Gasteiger partial charge >= 0.3 is 0 Å². The molecule has 2 atom stereocenters. The molecule has 0 amide bonds. The number of hydrogen-bond donors (Lipinski definition) is 0. The van der Waals surface area contributed by atoms with Crippen molar-refractivity contribution in [3.8, 4) is 0 Å². The van der Waals surface area contributed by atoms with E-state index in [1.807, 2.05) is 0 Å². The van der Waals surface area contributed by atoms with Gasteiger partial charge in [-0.25, -0.2) is 0 Å². The van der Waals surface area contributed by atoms with E-state index in [9.17, 15) is 0 Å². The summed E-state index contributed by atoms with van der Waals surface area (Å²) in [6.45, 7) is 23.6. The van der Waals surface area contributed by atoms with Crippen molar-refractivity contribution in [2.45, 2.75) is 90.6 Å². The summed E-state index contributed by atoms with van der Waals surface area (Å²) in [6.07, 6.45) is 0. The first kappa shape index (κ1) is 17.4. The van der Waals surface area contributed by atoms with Gasteiger partial charge in [0, 0.05) is 0 Å². The molecule has 104 valence electrons. The van der Waals surface area contributed by atoms with Crippen molar-refractivity contribution < 1.29 is 4.12 Å². The van der Waals surface area contributed by atoms with E-state index in [1.165, 1.54) is 12.1 Å². The molecular formula is C14H34OSi2. The molecule has 0 aromatic carbocycles. The maximum atomic E-state index is 6.93. The molecule has 0 radical (unpaired) electrons. The van der Waals surface area contributed by atoms with Gasteiger partial charge in [0.15, 0.2) is 16.6 Å². The Balaban J connectivity index is 5.27. The number of hydrogen-bond acceptors (Lipinski definition) is 1. The van der Waals surface area contributed by atoms with Gasteiger partial charge in [0.2, 0.25) is 0 Å². The van der Waals surface area contributed by atoms with Crippen LogP contribution >= 0.6 is 0 Å². The van der Waals surface area contributed by atoms with Gasteiger partial charge < -0.3 is 4.12 Å². The third-order valence-electron chi connectivity index (χ3n) is 4.97. The first-order chi connectivity index (χ1) is 7.33. The molecule has 0 bridgehead atoms. The van der Waals surface area contributed by atoms with E-state index in [4.69, 9.17) is 4.12 Å². The van der Waals surface area contributed by atoms with Gasteiger partial charge in [-0.15, -0.1) is 0 Å². The second-order valence-electron chi connectivity index (χ2n) is 7.77. The first-order valence-electron chi connectivity index (χ1n) is 7.03. The highest BCUT2D eigenvalue weighted by Crippen LogP contribution is 2.47. The summed E-state index contributed by atoms with van der Waals surface area (Å²) in [7, 11) is -3.26. The molecule has 0 aliphatic rings. The SMILES string of the molecule is CC[Si](C)(O[Si](C)(CC)C(C)(C)C)C(C)(C)C. The molecule has 0 saturated heterocycles. The fourth-order valence-corrected chi connectivity index (χ4v) is 11.7. The zero-order chi connectivity index (χ0) is 14.1. The van der Waals surface area contributed by atoms with Crippen LogP contribution in [0.1, 0.15) is 55.4 Å². The third-order valence-corrected chi connectivity index (χ3v) is 17.6. The van der Waals surface area contributed by atoms with E-state index in [0.29, 0.717) is 10.1 Å². The summed E-state index contributed by atoms with van der Waals surface area (Å²) in [4.78, 5) is 0. The standard InChI is InChI=1S/C14H34OSi2/c1-11-16(9,13(3,4)5)15-17(10,12-2)14(6,7)8/h11-12H2,1-10H3. The molecule has 0 aromatic rings. The van der Waals surface area contributed by atoms with Crippen LogP contribution in [-0.2, 0) is 4.12 Å². The lowest BCUT2D eigenvalue weighted by atomic mass is 10.2. The van der Waals surface area contributed by atoms with E-state index in [-0.39, 0.29) is 0 Å². The molecule has 2 unspecified atom stereocenters. The molecule has 0 aliphatic carbocycles. The summed E-state index contributed by atoms with van der Waals surface area (Å²) < 4.78 is 6.93. The van der Waals surface area contributed by atoms with Crippen LogP contribution in [0.4, 0.5) is 0 Å². The van der Waals surface area contributed by atoms with Crippen molar-refractivity contribution >= 4 is 16.6 Å². The molecule has 0 N–H and O–H groups in total. The molecule has 0 spiro atoms. The second-order valence-corrected chi connectivity index (χ2v) is 17.9. The number of rotatable bonds is 4. The summed E-state index contributed by atoms with van der Waals surface area (Å²) in [6, 6.07) is 2.43. The average Bonchev–Trinajstić information content (AvgIpc) is 2.13. The minimum Gasteiger partial charge on any atom is -0.454 e. The van der Waals surface area contributed by atoms with Crippen molar-refractivity contribution in [2.75, 3.05) is 0 Å². The zero-order valence-electron chi connectivity index (χ0n) is 13.8. The van der Waals surface area contributed by atoms with Crippen LogP contribution in [-0.4, -0.2) is 16.6 Å². The molecule has 0 aliphatic heterocycles. The predicted molar refractivity (Wildman–Crippen MR) is 84.7 cm³/mol. The first-order valence-corrected chi connectivity index (χ1v) is 12.3. The van der Waals surface area contributed by atoms with Crippen LogP contribution < -0.4 is 0 Å². The maximum absolute atomic E-state index is 6.93. The Bertz CT molecular complexity index is 226. The Labute approximate surface area is 112 Å². The van der Waals surface area contributed by atoms with Crippen molar-refractivity contribution in [3.05, 3.63) is 0 Å². The summed E-state index contributed by atoms with van der Waals surface area (Å²) >= 11 is 0. The maximum Gasteiger partial charge on any atom is 0.181 e. The van der Waals surface area contributed by atoms with Crippen LogP contribution in [0.5, 0.6) is 0 Å². The van der Waals surface area contributed by atoms with Gasteiger partial charge in [0.1, 0.15) is 0 Å². The van der Waals surface area contributed by atoms with Crippen molar-refractivity contribution in [1.29, 1.82) is 0 Å². The fraction of sp³-hybridized carbons (Fsp3) is 1.00. The third kappa shape index (κ3) is 3.68. The molecule has 0 fully saturated rings. The molecule has 0 aromatic heterocycles. The lowest BCUT2D eigenvalue weighted by Crippen LogP contribution is -2.56. The smallest absolute Gasteiger partial charge is 0.181 e. The Morgan fingerprint density at radius 1 is 0.706 bits per heavy atom. The Morgan fingerprint density at radius 3 is 1.06 bits per heavy atom. The highest BCUT2D eigenvalue weighted by Gasteiger charge is 2.49. The van der Waals surface area contributed by atoms with Gasteiger partial charge in [-0.2, -0.15) is 0 Å². The van der Waals surface area contributed by atoms with E-state index < -0.39 is 16.6 Å². The lowest BCUT2D eigenvalue weighted by molar-refractivity contribution is 0.436. The quantitative estimate of drug-likeness (QED) is 0.589. The summed E-state index contributed by atoms with van der Waals surface area (Å²) in [5.41, 5.74) is 0. The van der Waals surface area contributed by atoms with E-state index >= 15 is 0 Å². The average molecular weight is 275 g/mol. The van der Waals surface area contributed by atoms with E-state index in [1.54, 1.807) is 0 Å². The monoisotopic (exact) mass is 274 g/mol. The Kier molecular flexibility index (Phi) is 5.30. The molecule has 1 nitrogen and oxygen atoms in total. The van der Waals surface area contributed by atoms with Crippen molar-refractivity contribution in [3.63, 3.8) is 0 Å². The minimum absolute atomic E-state index is 0.330. The largest absolute Gasteiger partial charge is 0.454 e. The topological polar surface area (TPSA) is 9.23 Å². The fourth-order valence-electron chi connectivity index (χ4n) is 2.01. The van der Waals surface area contributed by atoms with Crippen molar-refractivity contribution in [1.82, 2.24) is 0 Å². The molecule has 3 heteroatoms. The second kappa shape index (κ2) is 5.18. The molecule has 0 heterocycles. The lowest BCUT2D eigenvalue weighted by Gasteiger charge is -2.50. The highest BCUT2D eigenvalue weighted by atomic mass is 28.4. The summed E-state index contributed by atoms with van der Waals surface area (Å²) in [5.74, 6) is 0.